The largest absolute Gasteiger partial charge is 0.494 e. The molecule has 3 heteroatoms. The maximum Gasteiger partial charge on any atom is 0.121 e. The Kier molecular flexibility index (Phi) is 9.04. The van der Waals surface area contributed by atoms with Gasteiger partial charge in [-0.15, -0.1) is 0 Å². The van der Waals surface area contributed by atoms with E-state index in [1.165, 1.54) is 57.3 Å². The zero-order valence-electron chi connectivity index (χ0n) is 15.7. The van der Waals surface area contributed by atoms with E-state index in [2.05, 4.69) is 48.3 Å². The van der Waals surface area contributed by atoms with Gasteiger partial charge in [0.05, 0.1) is 6.61 Å². The molecular weight excluding hydrogens is 296 g/mol. The molecule has 0 spiro atoms. The summed E-state index contributed by atoms with van der Waals surface area (Å²) in [7, 11) is 0. The molecule has 1 N–H and O–H groups in total. The molecule has 0 aromatic heterocycles. The first-order valence-corrected chi connectivity index (χ1v) is 9.97. The van der Waals surface area contributed by atoms with Crippen molar-refractivity contribution in [2.24, 2.45) is 5.92 Å². The lowest BCUT2D eigenvalue weighted by atomic mass is 9.99. The lowest BCUT2D eigenvalue weighted by Gasteiger charge is -2.30. The van der Waals surface area contributed by atoms with Gasteiger partial charge >= 0.3 is 0 Å². The molecule has 1 aromatic carbocycles. The van der Waals surface area contributed by atoms with E-state index in [1.54, 1.807) is 0 Å². The maximum absolute atomic E-state index is 5.88. The Labute approximate surface area is 148 Å². The molecule has 0 bridgehead atoms. The third-order valence-corrected chi connectivity index (χ3v) is 4.98. The summed E-state index contributed by atoms with van der Waals surface area (Å²) in [4.78, 5) is 2.57. The first-order chi connectivity index (χ1) is 11.8. The average Bonchev–Trinajstić information content (AvgIpc) is 2.60. The fourth-order valence-electron chi connectivity index (χ4n) is 3.24. The molecule has 0 amide bonds. The van der Waals surface area contributed by atoms with Crippen LogP contribution in [0.4, 0.5) is 5.69 Å². The number of nitrogens with one attached hydrogen (secondary N) is 1. The second kappa shape index (κ2) is 11.4. The Balaban J connectivity index is 1.61. The molecule has 2 rings (SSSR count). The summed E-state index contributed by atoms with van der Waals surface area (Å²) in [5.41, 5.74) is 1.17. The third-order valence-electron chi connectivity index (χ3n) is 4.98. The zero-order valence-corrected chi connectivity index (χ0v) is 15.7. The van der Waals surface area contributed by atoms with Crippen LogP contribution in [0.1, 0.15) is 58.8 Å². The van der Waals surface area contributed by atoms with Crippen molar-refractivity contribution < 1.29 is 4.74 Å². The number of likely N-dealkylation sites (tertiary alicyclic amines) is 1. The molecule has 0 unspecified atom stereocenters. The molecule has 1 fully saturated rings. The highest BCUT2D eigenvalue weighted by Gasteiger charge is 2.14. The molecule has 136 valence electrons. The molecule has 0 aliphatic carbocycles. The van der Waals surface area contributed by atoms with Gasteiger partial charge in [-0.1, -0.05) is 45.6 Å². The first kappa shape index (κ1) is 19.1. The van der Waals surface area contributed by atoms with Crippen molar-refractivity contribution >= 4 is 5.69 Å². The van der Waals surface area contributed by atoms with Crippen LogP contribution >= 0.6 is 0 Å². The highest BCUT2D eigenvalue weighted by molar-refractivity contribution is 5.48. The van der Waals surface area contributed by atoms with E-state index in [0.29, 0.717) is 0 Å². The number of piperidine rings is 1. The van der Waals surface area contributed by atoms with Gasteiger partial charge in [-0.25, -0.2) is 0 Å². The Bertz CT molecular complexity index is 441. The summed E-state index contributed by atoms with van der Waals surface area (Å²) < 4.78 is 5.88. The zero-order chi connectivity index (χ0) is 17.0. The third kappa shape index (κ3) is 7.57. The normalized spacial score (nSPS) is 16.2. The maximum atomic E-state index is 5.88. The van der Waals surface area contributed by atoms with Crippen molar-refractivity contribution in [3.63, 3.8) is 0 Å². The molecule has 1 aliphatic rings. The minimum absolute atomic E-state index is 0.832. The Morgan fingerprint density at radius 1 is 1.12 bits per heavy atom. The smallest absolute Gasteiger partial charge is 0.121 e. The number of hydrogen-bond acceptors (Lipinski definition) is 3. The van der Waals surface area contributed by atoms with Crippen LogP contribution in [0.2, 0.25) is 0 Å². The van der Waals surface area contributed by atoms with Crippen molar-refractivity contribution in [1.29, 1.82) is 0 Å². The molecule has 0 atom stereocenters. The number of anilines is 1. The van der Waals surface area contributed by atoms with Gasteiger partial charge in [0.25, 0.3) is 0 Å². The first-order valence-electron chi connectivity index (χ1n) is 9.97. The Morgan fingerprint density at radius 2 is 1.92 bits per heavy atom. The second-order valence-corrected chi connectivity index (χ2v) is 7.24. The Morgan fingerprint density at radius 3 is 2.71 bits per heavy atom. The van der Waals surface area contributed by atoms with Gasteiger partial charge in [-0.3, -0.25) is 0 Å². The van der Waals surface area contributed by atoms with Crippen molar-refractivity contribution in [1.82, 2.24) is 4.90 Å². The van der Waals surface area contributed by atoms with Gasteiger partial charge in [-0.2, -0.15) is 0 Å². The minimum Gasteiger partial charge on any atom is -0.494 e. The summed E-state index contributed by atoms with van der Waals surface area (Å²) in [6, 6.07) is 8.40. The van der Waals surface area contributed by atoms with Gasteiger partial charge in [0.2, 0.25) is 0 Å². The molecule has 0 radical (unpaired) electrons. The van der Waals surface area contributed by atoms with E-state index in [-0.39, 0.29) is 0 Å². The lowest BCUT2D eigenvalue weighted by Crippen LogP contribution is -2.36. The number of unbranched alkanes of at least 4 members (excludes halogenated alkanes) is 4. The topological polar surface area (TPSA) is 24.5 Å². The van der Waals surface area contributed by atoms with Crippen molar-refractivity contribution in [3.05, 3.63) is 24.3 Å². The number of nitrogens with zero attached hydrogens (tertiary/aromatic N) is 1. The molecule has 1 saturated heterocycles. The van der Waals surface area contributed by atoms with Crippen LogP contribution in [-0.4, -0.2) is 37.7 Å². The Hall–Kier alpha value is -1.22. The minimum atomic E-state index is 0.832. The van der Waals surface area contributed by atoms with Crippen molar-refractivity contribution in [2.75, 3.05) is 38.1 Å². The number of hydrogen-bond donors (Lipinski definition) is 1. The standard InChI is InChI=1S/C21H36N2O/c1-3-4-5-6-7-17-24-21-10-8-9-20(18-21)22-13-16-23-14-11-19(2)12-15-23/h8-10,18-19,22H,3-7,11-17H2,1-2H3. The van der Waals surface area contributed by atoms with Crippen LogP contribution in [0.25, 0.3) is 0 Å². The number of ether oxygens (including phenoxy) is 1. The predicted molar refractivity (Wildman–Crippen MR) is 104 cm³/mol. The monoisotopic (exact) mass is 332 g/mol. The second-order valence-electron chi connectivity index (χ2n) is 7.24. The van der Waals surface area contributed by atoms with Crippen LogP contribution in [0.5, 0.6) is 5.75 Å². The summed E-state index contributed by atoms with van der Waals surface area (Å²) in [5.74, 6) is 1.90. The van der Waals surface area contributed by atoms with Crippen LogP contribution < -0.4 is 10.1 Å². The molecule has 0 saturated carbocycles. The SMILES string of the molecule is CCCCCCCOc1cccc(NCCN2CCC(C)CC2)c1. The predicted octanol–water partition coefficient (Wildman–Crippen LogP) is 5.18. The molecule has 1 heterocycles. The van der Waals surface area contributed by atoms with Gasteiger partial charge < -0.3 is 15.0 Å². The van der Waals surface area contributed by atoms with Crippen LogP contribution in [-0.2, 0) is 0 Å². The summed E-state index contributed by atoms with van der Waals surface area (Å²) >= 11 is 0. The van der Waals surface area contributed by atoms with Gasteiger partial charge in [0, 0.05) is 24.8 Å². The van der Waals surface area contributed by atoms with E-state index >= 15 is 0 Å². The quantitative estimate of drug-likeness (QED) is 0.565. The van der Waals surface area contributed by atoms with E-state index in [4.69, 9.17) is 4.74 Å². The molecule has 1 aliphatic heterocycles. The van der Waals surface area contributed by atoms with E-state index in [9.17, 15) is 0 Å². The van der Waals surface area contributed by atoms with Gasteiger partial charge in [-0.05, 0) is 50.4 Å². The fraction of sp³-hybridized carbons (Fsp3) is 0.714. The molecule has 1 aromatic rings. The fourth-order valence-corrected chi connectivity index (χ4v) is 3.24. The van der Waals surface area contributed by atoms with Crippen molar-refractivity contribution in [2.45, 2.75) is 58.8 Å². The summed E-state index contributed by atoms with van der Waals surface area (Å²) in [6.45, 7) is 10.1. The van der Waals surface area contributed by atoms with Gasteiger partial charge in [0.1, 0.15) is 5.75 Å². The van der Waals surface area contributed by atoms with E-state index in [1.807, 2.05) is 0 Å². The van der Waals surface area contributed by atoms with Crippen molar-refractivity contribution in [3.8, 4) is 5.75 Å². The highest BCUT2D eigenvalue weighted by Crippen LogP contribution is 2.18. The lowest BCUT2D eigenvalue weighted by molar-refractivity contribution is 0.199. The van der Waals surface area contributed by atoms with Crippen LogP contribution in [0, 0.1) is 5.92 Å². The number of benzene rings is 1. The summed E-state index contributed by atoms with van der Waals surface area (Å²) in [5, 5.41) is 3.54. The average molecular weight is 333 g/mol. The molecule has 3 nitrogen and oxygen atoms in total. The molecule has 24 heavy (non-hydrogen) atoms. The van der Waals surface area contributed by atoms with Gasteiger partial charge in [0.15, 0.2) is 0 Å². The van der Waals surface area contributed by atoms with E-state index < -0.39 is 0 Å². The van der Waals surface area contributed by atoms with Crippen LogP contribution in [0.15, 0.2) is 24.3 Å². The van der Waals surface area contributed by atoms with Crippen LogP contribution in [0.3, 0.4) is 0 Å². The summed E-state index contributed by atoms with van der Waals surface area (Å²) in [6.07, 6.45) is 9.10. The highest BCUT2D eigenvalue weighted by atomic mass is 16.5. The van der Waals surface area contributed by atoms with E-state index in [0.717, 1.165) is 37.8 Å². The number of rotatable bonds is 11. The molecular formula is C21H36N2O.